The first-order chi connectivity index (χ1) is 15.6. The number of nitrogens with one attached hydrogen (secondary N) is 2. The Bertz CT molecular complexity index is 1080. The van der Waals surface area contributed by atoms with Crippen LogP contribution in [-0.4, -0.2) is 57.9 Å². The molecule has 0 spiro atoms. The Morgan fingerprint density at radius 2 is 1.97 bits per heavy atom. The maximum atomic E-state index is 12.1. The van der Waals surface area contributed by atoms with Crippen molar-refractivity contribution in [3.05, 3.63) is 54.7 Å². The van der Waals surface area contributed by atoms with Crippen LogP contribution in [0.4, 0.5) is 0 Å². The van der Waals surface area contributed by atoms with E-state index < -0.39 is 0 Å². The molecule has 1 fully saturated rings. The Kier molecular flexibility index (Phi) is 6.75. The summed E-state index contributed by atoms with van der Waals surface area (Å²) in [5.74, 6) is 0.957. The second-order valence-electron chi connectivity index (χ2n) is 8.16. The molecule has 1 aromatic heterocycles. The summed E-state index contributed by atoms with van der Waals surface area (Å²) < 4.78 is 6.28. The molecule has 3 aromatic rings. The first-order valence-corrected chi connectivity index (χ1v) is 11.2. The SMILES string of the molecule is CCN(CC)C/C=C/C(=O)NC1CC(Oc2cc(-c3ccc(O)cc3)cc3[nH]ncc23)C1. The normalized spacial score (nSPS) is 18.2. The summed E-state index contributed by atoms with van der Waals surface area (Å²) in [5, 5.41) is 20.7. The number of aromatic hydroxyl groups is 1. The molecule has 4 rings (SSSR count). The average molecular weight is 435 g/mol. The predicted molar refractivity (Wildman–Crippen MR) is 126 cm³/mol. The summed E-state index contributed by atoms with van der Waals surface area (Å²) in [4.78, 5) is 14.4. The Hall–Kier alpha value is -3.32. The van der Waals surface area contributed by atoms with Gasteiger partial charge in [-0.2, -0.15) is 5.10 Å². The number of aromatic nitrogens is 2. The predicted octanol–water partition coefficient (Wildman–Crippen LogP) is 3.86. The number of ether oxygens (including phenoxy) is 1. The molecule has 168 valence electrons. The molecule has 1 saturated carbocycles. The number of rotatable bonds is 9. The number of H-pyrrole nitrogens is 1. The van der Waals surface area contributed by atoms with Crippen molar-refractivity contribution in [3.8, 4) is 22.6 Å². The van der Waals surface area contributed by atoms with E-state index in [0.717, 1.165) is 60.3 Å². The molecule has 7 nitrogen and oxygen atoms in total. The number of fused-ring (bicyclic) bond motifs is 1. The number of phenols is 1. The highest BCUT2D eigenvalue weighted by molar-refractivity contribution is 5.90. The average Bonchev–Trinajstić information content (AvgIpc) is 3.24. The number of benzene rings is 2. The molecule has 1 amide bonds. The lowest BCUT2D eigenvalue weighted by Gasteiger charge is -2.35. The highest BCUT2D eigenvalue weighted by Gasteiger charge is 2.32. The Labute approximate surface area is 188 Å². The van der Waals surface area contributed by atoms with Crippen molar-refractivity contribution in [1.82, 2.24) is 20.4 Å². The quantitative estimate of drug-likeness (QED) is 0.445. The van der Waals surface area contributed by atoms with Crippen molar-refractivity contribution < 1.29 is 14.6 Å². The third-order valence-electron chi connectivity index (χ3n) is 5.98. The van der Waals surface area contributed by atoms with Gasteiger partial charge >= 0.3 is 0 Å². The topological polar surface area (TPSA) is 90.5 Å². The molecule has 0 unspecified atom stereocenters. The van der Waals surface area contributed by atoms with Crippen LogP contribution in [0.1, 0.15) is 26.7 Å². The number of phenolic OH excluding ortho intramolecular Hbond substituents is 1. The van der Waals surface area contributed by atoms with E-state index in [0.29, 0.717) is 0 Å². The van der Waals surface area contributed by atoms with Crippen LogP contribution in [0.2, 0.25) is 0 Å². The number of aromatic amines is 1. The fraction of sp³-hybridized carbons (Fsp3) is 0.360. The lowest BCUT2D eigenvalue weighted by atomic mass is 9.89. The maximum Gasteiger partial charge on any atom is 0.243 e. The minimum atomic E-state index is -0.0489. The van der Waals surface area contributed by atoms with Gasteiger partial charge in [0.05, 0.1) is 17.1 Å². The smallest absolute Gasteiger partial charge is 0.243 e. The molecule has 1 aliphatic carbocycles. The van der Waals surface area contributed by atoms with Crippen LogP contribution < -0.4 is 10.1 Å². The van der Waals surface area contributed by atoms with Crippen molar-refractivity contribution in [1.29, 1.82) is 0 Å². The molecule has 1 heterocycles. The number of likely N-dealkylation sites (N-methyl/N-ethyl adjacent to an activating group) is 1. The molecule has 3 N–H and O–H groups in total. The monoisotopic (exact) mass is 434 g/mol. The summed E-state index contributed by atoms with van der Waals surface area (Å²) in [7, 11) is 0. The first-order valence-electron chi connectivity index (χ1n) is 11.2. The lowest BCUT2D eigenvalue weighted by Crippen LogP contribution is -2.48. The first kappa shape index (κ1) is 21.9. The van der Waals surface area contributed by atoms with Gasteiger partial charge in [-0.15, -0.1) is 0 Å². The molecule has 0 saturated heterocycles. The zero-order valence-corrected chi connectivity index (χ0v) is 18.5. The van der Waals surface area contributed by atoms with Gasteiger partial charge in [-0.05, 0) is 48.5 Å². The Morgan fingerprint density at radius 1 is 1.22 bits per heavy atom. The van der Waals surface area contributed by atoms with Crippen LogP contribution in [-0.2, 0) is 4.79 Å². The van der Waals surface area contributed by atoms with Gasteiger partial charge in [0.25, 0.3) is 0 Å². The molecule has 1 aliphatic rings. The number of amides is 1. The van der Waals surface area contributed by atoms with Gasteiger partial charge in [-0.25, -0.2) is 0 Å². The highest BCUT2D eigenvalue weighted by atomic mass is 16.5. The largest absolute Gasteiger partial charge is 0.508 e. The number of hydrogen-bond acceptors (Lipinski definition) is 5. The van der Waals surface area contributed by atoms with Crippen molar-refractivity contribution >= 4 is 16.8 Å². The van der Waals surface area contributed by atoms with Gasteiger partial charge in [0.2, 0.25) is 5.91 Å². The molecule has 0 atom stereocenters. The van der Waals surface area contributed by atoms with E-state index in [1.54, 1.807) is 24.4 Å². The number of carbonyl (C=O) groups excluding carboxylic acids is 1. The minimum Gasteiger partial charge on any atom is -0.508 e. The molecular formula is C25H30N4O3. The molecule has 7 heteroatoms. The van der Waals surface area contributed by atoms with Gasteiger partial charge in [0.1, 0.15) is 17.6 Å². The van der Waals surface area contributed by atoms with E-state index >= 15 is 0 Å². The van der Waals surface area contributed by atoms with E-state index in [9.17, 15) is 9.90 Å². The summed E-state index contributed by atoms with van der Waals surface area (Å²) in [5.41, 5.74) is 2.87. The summed E-state index contributed by atoms with van der Waals surface area (Å²) >= 11 is 0. The fourth-order valence-electron chi connectivity index (χ4n) is 3.94. The minimum absolute atomic E-state index is 0.0489. The third kappa shape index (κ3) is 5.11. The third-order valence-corrected chi connectivity index (χ3v) is 5.98. The number of nitrogens with zero attached hydrogens (tertiary/aromatic N) is 2. The van der Waals surface area contributed by atoms with E-state index in [-0.39, 0.29) is 23.8 Å². The summed E-state index contributed by atoms with van der Waals surface area (Å²) in [6.45, 7) is 6.96. The highest BCUT2D eigenvalue weighted by Crippen LogP contribution is 2.35. The molecule has 0 bridgehead atoms. The molecule has 0 radical (unpaired) electrons. The standard InChI is InChI=1S/C25H30N4O3/c1-3-29(4-2)11-5-6-25(31)27-19-14-21(15-19)32-24-13-18(12-23-22(24)16-26-28-23)17-7-9-20(30)10-8-17/h5-10,12-13,16,19,21,30H,3-4,11,14-15H2,1-2H3,(H,26,28)(H,27,31)/b6-5+. The second-order valence-corrected chi connectivity index (χ2v) is 8.16. The zero-order valence-electron chi connectivity index (χ0n) is 18.5. The van der Waals surface area contributed by atoms with E-state index in [1.165, 1.54) is 0 Å². The van der Waals surface area contributed by atoms with Crippen LogP contribution in [0.25, 0.3) is 22.0 Å². The van der Waals surface area contributed by atoms with Crippen molar-refractivity contribution in [2.75, 3.05) is 19.6 Å². The summed E-state index contributed by atoms with van der Waals surface area (Å²) in [6.07, 6.45) is 6.91. The summed E-state index contributed by atoms with van der Waals surface area (Å²) in [6, 6.07) is 11.2. The van der Waals surface area contributed by atoms with Crippen molar-refractivity contribution in [3.63, 3.8) is 0 Å². The number of hydrogen-bond donors (Lipinski definition) is 3. The maximum absolute atomic E-state index is 12.1. The zero-order chi connectivity index (χ0) is 22.5. The van der Waals surface area contributed by atoms with Crippen molar-refractivity contribution in [2.24, 2.45) is 0 Å². The van der Waals surface area contributed by atoms with Gasteiger partial charge < -0.3 is 20.1 Å². The van der Waals surface area contributed by atoms with E-state index in [4.69, 9.17) is 4.74 Å². The van der Waals surface area contributed by atoms with Crippen LogP contribution in [0.15, 0.2) is 54.7 Å². The van der Waals surface area contributed by atoms with Crippen molar-refractivity contribution in [2.45, 2.75) is 38.8 Å². The number of carbonyl (C=O) groups is 1. The van der Waals surface area contributed by atoms with Crippen LogP contribution >= 0.6 is 0 Å². The second kappa shape index (κ2) is 9.87. The Morgan fingerprint density at radius 3 is 2.69 bits per heavy atom. The molecule has 2 aromatic carbocycles. The van der Waals surface area contributed by atoms with E-state index in [2.05, 4.69) is 34.3 Å². The van der Waals surface area contributed by atoms with E-state index in [1.807, 2.05) is 30.3 Å². The molecular weight excluding hydrogens is 404 g/mol. The van der Waals surface area contributed by atoms with Crippen LogP contribution in [0.3, 0.4) is 0 Å². The van der Waals surface area contributed by atoms with Gasteiger partial charge in [0, 0.05) is 31.5 Å². The van der Waals surface area contributed by atoms with Gasteiger partial charge in [-0.1, -0.05) is 32.1 Å². The van der Waals surface area contributed by atoms with Crippen LogP contribution in [0.5, 0.6) is 11.5 Å². The molecule has 32 heavy (non-hydrogen) atoms. The fourth-order valence-corrected chi connectivity index (χ4v) is 3.94. The Balaban J connectivity index is 1.35. The van der Waals surface area contributed by atoms with Crippen LogP contribution in [0, 0.1) is 0 Å². The van der Waals surface area contributed by atoms with Gasteiger partial charge in [0.15, 0.2) is 0 Å². The molecule has 0 aliphatic heterocycles. The van der Waals surface area contributed by atoms with Gasteiger partial charge in [-0.3, -0.25) is 9.89 Å². The lowest BCUT2D eigenvalue weighted by molar-refractivity contribution is -0.118.